The summed E-state index contributed by atoms with van der Waals surface area (Å²) >= 11 is 9.22. The molecule has 4 rings (SSSR count). The van der Waals surface area contributed by atoms with Crippen molar-refractivity contribution in [2.75, 3.05) is 0 Å². The second-order valence-corrected chi connectivity index (χ2v) is 7.72. The van der Waals surface area contributed by atoms with Crippen LogP contribution in [0.4, 0.5) is 13.2 Å². The van der Waals surface area contributed by atoms with E-state index in [4.69, 9.17) is 19.1 Å². The van der Waals surface area contributed by atoms with Crippen LogP contribution in [0.5, 0.6) is 5.75 Å². The number of nitrogens with zero attached hydrogens (tertiary/aromatic N) is 3. The molecule has 30 heavy (non-hydrogen) atoms. The van der Waals surface area contributed by atoms with Crippen LogP contribution in [-0.2, 0) is 19.4 Å². The number of aromatic nitrogens is 3. The fourth-order valence-electron chi connectivity index (χ4n) is 3.25. The molecule has 3 aromatic rings. The van der Waals surface area contributed by atoms with Crippen LogP contribution in [0.15, 0.2) is 33.9 Å². The van der Waals surface area contributed by atoms with Crippen LogP contribution in [0, 0.1) is 17.5 Å². The van der Waals surface area contributed by atoms with Gasteiger partial charge in [0.05, 0.1) is 14.6 Å². The quantitative estimate of drug-likeness (QED) is 0.477. The number of aryl methyl sites for hydroxylation is 2. The fourth-order valence-corrected chi connectivity index (χ4v) is 3.71. The number of ether oxygens (including phenoxy) is 1. The Bertz CT molecular complexity index is 1290. The van der Waals surface area contributed by atoms with Crippen LogP contribution in [0.3, 0.4) is 0 Å². The number of hydrogen-bond donors (Lipinski definition) is 0. The normalized spacial score (nSPS) is 14.7. The molecule has 1 aliphatic heterocycles. The Morgan fingerprint density at radius 2 is 1.97 bits per heavy atom. The van der Waals surface area contributed by atoms with Gasteiger partial charge in [-0.1, -0.05) is 11.6 Å². The van der Waals surface area contributed by atoms with Gasteiger partial charge in [0.15, 0.2) is 11.6 Å². The van der Waals surface area contributed by atoms with E-state index < -0.39 is 40.3 Å². The number of halogens is 5. The number of pyridine rings is 3. The van der Waals surface area contributed by atoms with Crippen LogP contribution >= 0.6 is 27.5 Å². The third-order valence-electron chi connectivity index (χ3n) is 4.64. The van der Waals surface area contributed by atoms with Crippen molar-refractivity contribution in [1.29, 1.82) is 0 Å². The van der Waals surface area contributed by atoms with Gasteiger partial charge in [0.2, 0.25) is 0 Å². The monoisotopic (exact) mass is 501 g/mol. The third kappa shape index (κ3) is 3.83. The molecule has 0 saturated carbocycles. The molecule has 0 amide bonds. The van der Waals surface area contributed by atoms with E-state index in [-0.39, 0.29) is 16.0 Å². The zero-order valence-corrected chi connectivity index (χ0v) is 17.5. The highest BCUT2D eigenvalue weighted by atomic mass is 79.9. The SMILES string of the molecule is [2H]C([2H])(Oc1cc2n(c(=O)c1Cl)-c1c(cnc(Br)c1F)CCCC2)c1ncc(F)cc1F. The Kier molecular flexibility index (Phi) is 5.14. The molecule has 10 heteroatoms. The van der Waals surface area contributed by atoms with Crippen molar-refractivity contribution in [2.24, 2.45) is 0 Å². The molecule has 0 aromatic carbocycles. The number of rotatable bonds is 3. The molecule has 1 aliphatic rings. The molecule has 0 fully saturated rings. The van der Waals surface area contributed by atoms with Gasteiger partial charge in [-0.25, -0.2) is 18.2 Å². The maximum Gasteiger partial charge on any atom is 0.278 e. The molecule has 4 heterocycles. The van der Waals surface area contributed by atoms with Crippen molar-refractivity contribution >= 4 is 27.5 Å². The van der Waals surface area contributed by atoms with Crippen molar-refractivity contribution in [3.63, 3.8) is 0 Å². The zero-order chi connectivity index (χ0) is 23.2. The highest BCUT2D eigenvalue weighted by Crippen LogP contribution is 2.31. The summed E-state index contributed by atoms with van der Waals surface area (Å²) in [5.41, 5.74) is -0.785. The Morgan fingerprint density at radius 3 is 2.73 bits per heavy atom. The minimum Gasteiger partial charge on any atom is -0.485 e. The van der Waals surface area contributed by atoms with Crippen LogP contribution in [-0.4, -0.2) is 14.5 Å². The molecule has 0 atom stereocenters. The molecule has 0 bridgehead atoms. The zero-order valence-electron chi connectivity index (χ0n) is 17.2. The van der Waals surface area contributed by atoms with Crippen LogP contribution in [0.25, 0.3) is 5.69 Å². The van der Waals surface area contributed by atoms with E-state index >= 15 is 0 Å². The summed E-state index contributed by atoms with van der Waals surface area (Å²) in [6.07, 6.45) is 4.33. The molecular weight excluding hydrogens is 487 g/mol. The van der Waals surface area contributed by atoms with E-state index in [1.807, 2.05) is 0 Å². The molecule has 0 N–H and O–H groups in total. The Balaban J connectivity index is 1.86. The van der Waals surface area contributed by atoms with E-state index in [1.54, 1.807) is 0 Å². The average molecular weight is 503 g/mol. The van der Waals surface area contributed by atoms with Gasteiger partial charge in [0.25, 0.3) is 5.56 Å². The lowest BCUT2D eigenvalue weighted by Crippen LogP contribution is -2.26. The van der Waals surface area contributed by atoms with Crippen molar-refractivity contribution in [3.8, 4) is 11.4 Å². The molecule has 3 aromatic heterocycles. The van der Waals surface area contributed by atoms with Crippen molar-refractivity contribution in [1.82, 2.24) is 14.5 Å². The average Bonchev–Trinajstić information content (AvgIpc) is 2.70. The first-order valence-corrected chi connectivity index (χ1v) is 10.1. The van der Waals surface area contributed by atoms with Gasteiger partial charge in [-0.15, -0.1) is 0 Å². The maximum absolute atomic E-state index is 15.0. The van der Waals surface area contributed by atoms with Gasteiger partial charge >= 0.3 is 0 Å². The van der Waals surface area contributed by atoms with Crippen molar-refractivity contribution in [3.05, 3.63) is 78.9 Å². The lowest BCUT2D eigenvalue weighted by molar-refractivity contribution is 0.292. The lowest BCUT2D eigenvalue weighted by Gasteiger charge is -2.22. The largest absolute Gasteiger partial charge is 0.485 e. The van der Waals surface area contributed by atoms with Crippen LogP contribution < -0.4 is 10.3 Å². The molecular formula is C20H14BrClF3N3O2. The first kappa shape index (κ1) is 18.4. The summed E-state index contributed by atoms with van der Waals surface area (Å²) in [6.45, 7) is -2.87. The third-order valence-corrected chi connectivity index (χ3v) is 5.54. The summed E-state index contributed by atoms with van der Waals surface area (Å²) in [6, 6.07) is 1.78. The molecule has 156 valence electrons. The second-order valence-electron chi connectivity index (χ2n) is 6.59. The van der Waals surface area contributed by atoms with E-state index in [9.17, 15) is 18.0 Å². The Hall–Kier alpha value is -2.39. The topological polar surface area (TPSA) is 57.0 Å². The van der Waals surface area contributed by atoms with Crippen LogP contribution in [0.1, 0.15) is 32.5 Å². The van der Waals surface area contributed by atoms with Crippen molar-refractivity contribution in [2.45, 2.75) is 32.2 Å². The molecule has 0 aliphatic carbocycles. The molecule has 5 nitrogen and oxygen atoms in total. The summed E-state index contributed by atoms with van der Waals surface area (Å²) < 4.78 is 64.6. The number of hydrogen-bond acceptors (Lipinski definition) is 4. The Morgan fingerprint density at radius 1 is 1.20 bits per heavy atom. The predicted octanol–water partition coefficient (Wildman–Crippen LogP) is 4.92. The minimum absolute atomic E-state index is 0.00859. The second kappa shape index (κ2) is 8.39. The molecule has 0 unspecified atom stereocenters. The maximum atomic E-state index is 15.0. The fraction of sp³-hybridized carbons (Fsp3) is 0.250. The van der Waals surface area contributed by atoms with E-state index in [0.717, 1.165) is 4.57 Å². The van der Waals surface area contributed by atoms with E-state index in [2.05, 4.69) is 25.9 Å². The molecule has 0 spiro atoms. The summed E-state index contributed by atoms with van der Waals surface area (Å²) in [7, 11) is 0. The Labute approximate surface area is 185 Å². The lowest BCUT2D eigenvalue weighted by atomic mass is 10.0. The highest BCUT2D eigenvalue weighted by Gasteiger charge is 2.24. The smallest absolute Gasteiger partial charge is 0.278 e. The van der Waals surface area contributed by atoms with Gasteiger partial charge in [0.1, 0.15) is 33.4 Å². The van der Waals surface area contributed by atoms with Gasteiger partial charge in [0, 0.05) is 24.0 Å². The van der Waals surface area contributed by atoms with Gasteiger partial charge in [-0.05, 0) is 47.2 Å². The number of fused-ring (bicyclic) bond motifs is 3. The predicted molar refractivity (Wildman–Crippen MR) is 108 cm³/mol. The summed E-state index contributed by atoms with van der Waals surface area (Å²) in [5, 5.41) is -0.529. The van der Waals surface area contributed by atoms with Crippen LogP contribution in [0.2, 0.25) is 5.02 Å². The van der Waals surface area contributed by atoms with Gasteiger partial charge in [-0.2, -0.15) is 0 Å². The summed E-state index contributed by atoms with van der Waals surface area (Å²) in [4.78, 5) is 20.5. The van der Waals surface area contributed by atoms with Gasteiger partial charge in [-0.3, -0.25) is 14.3 Å². The van der Waals surface area contributed by atoms with Crippen molar-refractivity contribution < 1.29 is 20.6 Å². The molecule has 0 radical (unpaired) electrons. The van der Waals surface area contributed by atoms with E-state index in [1.165, 1.54) is 12.3 Å². The van der Waals surface area contributed by atoms with Gasteiger partial charge < -0.3 is 4.74 Å². The van der Waals surface area contributed by atoms with E-state index in [0.29, 0.717) is 49.2 Å². The first-order valence-electron chi connectivity index (χ1n) is 9.88. The first-order chi connectivity index (χ1) is 15.1. The minimum atomic E-state index is -2.87. The highest BCUT2D eigenvalue weighted by molar-refractivity contribution is 9.10. The molecule has 0 saturated heterocycles. The standard InChI is InChI=1S/C20H14BrClF3N3O2/c21-19-17(25)18-10(7-27-19)3-1-2-4-12-6-15(16(22)20(29)28(12)18)30-9-14-13(24)5-11(23)8-26-14/h5-8H,1-4,9H2/i9D2. The summed E-state index contributed by atoms with van der Waals surface area (Å²) in [5.74, 6) is -3.34.